The molecule has 0 aliphatic heterocycles. The minimum atomic E-state index is -0.103. The number of hydrogen-bond donors (Lipinski definition) is 0. The van der Waals surface area contributed by atoms with Crippen molar-refractivity contribution in [3.8, 4) is 22.3 Å². The van der Waals surface area contributed by atoms with Gasteiger partial charge < -0.3 is 4.90 Å². The third kappa shape index (κ3) is 4.27. The number of nitrogens with zero attached hydrogens (tertiary/aromatic N) is 1. The van der Waals surface area contributed by atoms with E-state index in [4.69, 9.17) is 0 Å². The van der Waals surface area contributed by atoms with E-state index in [-0.39, 0.29) is 5.41 Å². The van der Waals surface area contributed by atoms with Crippen molar-refractivity contribution in [1.29, 1.82) is 0 Å². The number of anilines is 3. The monoisotopic (exact) mass is 637 g/mol. The highest BCUT2D eigenvalue weighted by Crippen LogP contribution is 2.51. The molecule has 0 saturated heterocycles. The van der Waals surface area contributed by atoms with Gasteiger partial charge in [-0.05, 0) is 101 Å². The van der Waals surface area contributed by atoms with E-state index < -0.39 is 0 Å². The smallest absolute Gasteiger partial charge is 0.0540 e. The van der Waals surface area contributed by atoms with Crippen molar-refractivity contribution in [2.75, 3.05) is 4.90 Å². The summed E-state index contributed by atoms with van der Waals surface area (Å²) >= 11 is 0. The second-order valence-electron chi connectivity index (χ2n) is 14.1. The molecule has 0 saturated carbocycles. The Morgan fingerprint density at radius 1 is 0.380 bits per heavy atom. The summed E-state index contributed by atoms with van der Waals surface area (Å²) in [6.45, 7) is 4.72. The molecule has 0 heterocycles. The minimum Gasteiger partial charge on any atom is -0.310 e. The lowest BCUT2D eigenvalue weighted by molar-refractivity contribution is 0.660. The van der Waals surface area contributed by atoms with Gasteiger partial charge in [-0.3, -0.25) is 0 Å². The minimum absolute atomic E-state index is 0.103. The molecule has 1 nitrogen and oxygen atoms in total. The molecule has 9 aromatic carbocycles. The summed E-state index contributed by atoms with van der Waals surface area (Å²) in [5, 5.41) is 10.2. The van der Waals surface area contributed by atoms with Gasteiger partial charge in [-0.1, -0.05) is 159 Å². The molecular weight excluding hydrogens is 603 g/mol. The van der Waals surface area contributed by atoms with Gasteiger partial charge in [-0.15, -0.1) is 0 Å². The molecule has 0 radical (unpaired) electrons. The average Bonchev–Trinajstić information content (AvgIpc) is 3.40. The zero-order valence-electron chi connectivity index (χ0n) is 28.2. The average molecular weight is 638 g/mol. The van der Waals surface area contributed by atoms with Crippen LogP contribution in [0.1, 0.15) is 25.0 Å². The number of fused-ring (bicyclic) bond motifs is 10. The highest BCUT2D eigenvalue weighted by atomic mass is 15.1. The van der Waals surface area contributed by atoms with Crippen LogP contribution in [0.2, 0.25) is 0 Å². The van der Waals surface area contributed by atoms with Gasteiger partial charge in [-0.2, -0.15) is 0 Å². The van der Waals surface area contributed by atoms with E-state index in [1.54, 1.807) is 0 Å². The van der Waals surface area contributed by atoms with Crippen LogP contribution in [0.15, 0.2) is 176 Å². The molecular formula is C49H35N. The lowest BCUT2D eigenvalue weighted by Gasteiger charge is -2.29. The Morgan fingerprint density at radius 2 is 1.00 bits per heavy atom. The maximum atomic E-state index is 2.48. The molecule has 50 heavy (non-hydrogen) atoms. The van der Waals surface area contributed by atoms with Crippen LogP contribution < -0.4 is 4.90 Å². The maximum absolute atomic E-state index is 2.48. The lowest BCUT2D eigenvalue weighted by atomic mass is 9.82. The number of benzene rings is 9. The van der Waals surface area contributed by atoms with Gasteiger partial charge in [0.15, 0.2) is 0 Å². The zero-order valence-corrected chi connectivity index (χ0v) is 28.2. The molecule has 0 aromatic heterocycles. The van der Waals surface area contributed by atoms with Gasteiger partial charge in [0.05, 0.1) is 5.69 Å². The third-order valence-electron chi connectivity index (χ3n) is 11.0. The topological polar surface area (TPSA) is 3.24 Å². The summed E-state index contributed by atoms with van der Waals surface area (Å²) in [5.74, 6) is 0. The first-order chi connectivity index (χ1) is 24.6. The predicted molar refractivity (Wildman–Crippen MR) is 214 cm³/mol. The van der Waals surface area contributed by atoms with E-state index in [2.05, 4.69) is 195 Å². The van der Waals surface area contributed by atoms with Crippen molar-refractivity contribution in [3.05, 3.63) is 187 Å². The number of rotatable bonds is 4. The summed E-state index contributed by atoms with van der Waals surface area (Å²) < 4.78 is 0. The molecule has 1 heteroatoms. The molecule has 0 unspecified atom stereocenters. The summed E-state index contributed by atoms with van der Waals surface area (Å²) in [6, 6.07) is 65.0. The van der Waals surface area contributed by atoms with E-state index in [0.29, 0.717) is 0 Å². The molecule has 236 valence electrons. The van der Waals surface area contributed by atoms with Crippen molar-refractivity contribution in [3.63, 3.8) is 0 Å². The third-order valence-corrected chi connectivity index (χ3v) is 11.0. The fourth-order valence-electron chi connectivity index (χ4n) is 8.57. The van der Waals surface area contributed by atoms with Crippen LogP contribution in [-0.2, 0) is 5.41 Å². The summed E-state index contributed by atoms with van der Waals surface area (Å²) in [7, 11) is 0. The summed E-state index contributed by atoms with van der Waals surface area (Å²) in [5.41, 5.74) is 11.2. The number of hydrogen-bond acceptors (Lipinski definition) is 1. The first kappa shape index (κ1) is 28.8. The largest absolute Gasteiger partial charge is 0.310 e. The van der Waals surface area contributed by atoms with E-state index in [9.17, 15) is 0 Å². The van der Waals surface area contributed by atoms with Gasteiger partial charge in [0, 0.05) is 22.2 Å². The Balaban J connectivity index is 1.26. The van der Waals surface area contributed by atoms with Crippen LogP contribution in [0, 0.1) is 0 Å². The van der Waals surface area contributed by atoms with Gasteiger partial charge in [0.2, 0.25) is 0 Å². The van der Waals surface area contributed by atoms with Crippen LogP contribution in [0.4, 0.5) is 17.1 Å². The lowest BCUT2D eigenvalue weighted by Crippen LogP contribution is -2.16. The van der Waals surface area contributed by atoms with Crippen LogP contribution in [0.25, 0.3) is 65.3 Å². The fraction of sp³-hybridized carbons (Fsp3) is 0.0612. The Morgan fingerprint density at radius 3 is 1.86 bits per heavy atom. The highest BCUT2D eigenvalue weighted by molar-refractivity contribution is 6.28. The first-order valence-electron chi connectivity index (χ1n) is 17.5. The standard InChI is InChI=1S/C49H35N/c1-49(2)44-20-9-8-18-40(44)41-29-27-38(31-45(41)49)50(37-16-10-15-36(30-37)32-12-4-3-5-13-32)46-21-11-19-43-42(46)28-26-35-25-24-34-23-22-33-14-6-7-17-39(33)47(34)48(35)43/h3-31H,1-2H3. The first-order valence-corrected chi connectivity index (χ1v) is 17.5. The zero-order chi connectivity index (χ0) is 33.4. The van der Waals surface area contributed by atoms with Crippen molar-refractivity contribution >= 4 is 60.2 Å². The molecule has 0 bridgehead atoms. The van der Waals surface area contributed by atoms with E-state index in [1.807, 2.05) is 0 Å². The van der Waals surface area contributed by atoms with Crippen LogP contribution in [-0.4, -0.2) is 0 Å². The molecule has 9 aromatic rings. The highest BCUT2D eigenvalue weighted by Gasteiger charge is 2.35. The quantitative estimate of drug-likeness (QED) is 0.174. The molecule has 1 aliphatic rings. The van der Waals surface area contributed by atoms with Gasteiger partial charge in [-0.25, -0.2) is 0 Å². The second kappa shape index (κ2) is 10.9. The maximum Gasteiger partial charge on any atom is 0.0540 e. The molecule has 0 fully saturated rings. The fourth-order valence-corrected chi connectivity index (χ4v) is 8.57. The Kier molecular flexibility index (Phi) is 6.29. The Bertz CT molecular complexity index is 2780. The molecule has 10 rings (SSSR count). The molecule has 0 amide bonds. The Hall–Kier alpha value is -6.18. The molecule has 1 aliphatic carbocycles. The molecule has 0 spiro atoms. The van der Waals surface area contributed by atoms with Crippen molar-refractivity contribution in [2.24, 2.45) is 0 Å². The predicted octanol–water partition coefficient (Wildman–Crippen LogP) is 13.7. The van der Waals surface area contributed by atoms with Crippen LogP contribution in [0.5, 0.6) is 0 Å². The van der Waals surface area contributed by atoms with Crippen molar-refractivity contribution in [2.45, 2.75) is 19.3 Å². The van der Waals surface area contributed by atoms with Gasteiger partial charge in [0.1, 0.15) is 0 Å². The van der Waals surface area contributed by atoms with Gasteiger partial charge >= 0.3 is 0 Å². The van der Waals surface area contributed by atoms with E-state index >= 15 is 0 Å². The SMILES string of the molecule is CC1(C)c2ccccc2-c2ccc(N(c3cccc(-c4ccccc4)c3)c3cccc4c3ccc3ccc5ccc6ccccc6c5c34)cc21. The molecule has 0 atom stereocenters. The van der Waals surface area contributed by atoms with Crippen LogP contribution in [0.3, 0.4) is 0 Å². The van der Waals surface area contributed by atoms with Crippen molar-refractivity contribution < 1.29 is 0 Å². The molecule has 0 N–H and O–H groups in total. The van der Waals surface area contributed by atoms with E-state index in [1.165, 1.54) is 82.2 Å². The van der Waals surface area contributed by atoms with Gasteiger partial charge in [0.25, 0.3) is 0 Å². The van der Waals surface area contributed by atoms with Crippen molar-refractivity contribution in [1.82, 2.24) is 0 Å². The normalized spacial score (nSPS) is 13.2. The summed E-state index contributed by atoms with van der Waals surface area (Å²) in [4.78, 5) is 2.48. The summed E-state index contributed by atoms with van der Waals surface area (Å²) in [6.07, 6.45) is 0. The second-order valence-corrected chi connectivity index (χ2v) is 14.1. The van der Waals surface area contributed by atoms with Crippen LogP contribution >= 0.6 is 0 Å². The Labute approximate surface area is 292 Å². The van der Waals surface area contributed by atoms with E-state index in [0.717, 1.165) is 11.4 Å².